The Morgan fingerprint density at radius 2 is 2.10 bits per heavy atom. The van der Waals surface area contributed by atoms with Gasteiger partial charge in [0, 0.05) is 11.6 Å². The van der Waals surface area contributed by atoms with Crippen molar-refractivity contribution in [3.05, 3.63) is 24.2 Å². The van der Waals surface area contributed by atoms with E-state index in [4.69, 9.17) is 0 Å². The molecule has 0 saturated carbocycles. The van der Waals surface area contributed by atoms with Gasteiger partial charge in [-0.15, -0.1) is 0 Å². The maximum atomic E-state index is 11.8. The molecule has 1 fully saturated rings. The molecular weight excluding hydrogens is 274 g/mol. The lowest BCUT2D eigenvalue weighted by atomic mass is 9.95. The Kier molecular flexibility index (Phi) is 2.90. The molecule has 0 radical (unpaired) electrons. The van der Waals surface area contributed by atoms with Crippen LogP contribution in [0.4, 0.5) is 0 Å². The summed E-state index contributed by atoms with van der Waals surface area (Å²) in [7, 11) is -2.93. The van der Waals surface area contributed by atoms with Gasteiger partial charge in [0.25, 0.3) is 0 Å². The normalized spacial score (nSPS) is 22.4. The third kappa shape index (κ3) is 2.22. The molecule has 1 aliphatic rings. The maximum Gasteiger partial charge on any atom is 0.160 e. The van der Waals surface area contributed by atoms with Crippen molar-refractivity contribution in [2.45, 2.75) is 38.6 Å². The maximum absolute atomic E-state index is 11.8. The van der Waals surface area contributed by atoms with Crippen LogP contribution in [-0.4, -0.2) is 34.5 Å². The Balaban J connectivity index is 2.22. The minimum absolute atomic E-state index is 0.0471. The molecular formula is C14H19N3O2S. The SMILES string of the molecule is CC(C)(C)c1nc2cccnc2n1C1CCS(=O)(=O)C1. The lowest BCUT2D eigenvalue weighted by Crippen LogP contribution is -2.23. The first-order valence-corrected chi connectivity index (χ1v) is 8.64. The summed E-state index contributed by atoms with van der Waals surface area (Å²) in [6.45, 7) is 6.27. The first-order valence-electron chi connectivity index (χ1n) is 6.82. The molecule has 1 atom stereocenters. The Morgan fingerprint density at radius 1 is 1.35 bits per heavy atom. The van der Waals surface area contributed by atoms with Gasteiger partial charge < -0.3 is 4.57 Å². The predicted molar refractivity (Wildman–Crippen MR) is 78.5 cm³/mol. The van der Waals surface area contributed by atoms with Crippen molar-refractivity contribution in [3.63, 3.8) is 0 Å². The summed E-state index contributed by atoms with van der Waals surface area (Å²) in [5.74, 6) is 1.36. The molecule has 2 aromatic rings. The second-order valence-electron chi connectivity index (χ2n) is 6.46. The highest BCUT2D eigenvalue weighted by atomic mass is 32.2. The van der Waals surface area contributed by atoms with E-state index >= 15 is 0 Å². The van der Waals surface area contributed by atoms with Gasteiger partial charge in [-0.25, -0.2) is 18.4 Å². The zero-order chi connectivity index (χ0) is 14.5. The lowest BCUT2D eigenvalue weighted by molar-refractivity contribution is 0.462. The van der Waals surface area contributed by atoms with E-state index in [1.807, 2.05) is 16.7 Å². The van der Waals surface area contributed by atoms with Crippen molar-refractivity contribution in [2.75, 3.05) is 11.5 Å². The van der Waals surface area contributed by atoms with Crippen LogP contribution in [-0.2, 0) is 15.3 Å². The van der Waals surface area contributed by atoms with Gasteiger partial charge >= 0.3 is 0 Å². The Bertz CT molecular complexity index is 756. The van der Waals surface area contributed by atoms with Gasteiger partial charge in [0.15, 0.2) is 15.5 Å². The van der Waals surface area contributed by atoms with Crippen LogP contribution in [0.1, 0.15) is 39.1 Å². The van der Waals surface area contributed by atoms with Crippen LogP contribution in [0.25, 0.3) is 11.2 Å². The molecule has 0 spiro atoms. The summed E-state index contributed by atoms with van der Waals surface area (Å²) < 4.78 is 25.6. The highest BCUT2D eigenvalue weighted by molar-refractivity contribution is 7.91. The zero-order valence-electron chi connectivity index (χ0n) is 12.0. The molecule has 6 heteroatoms. The topological polar surface area (TPSA) is 64.8 Å². The van der Waals surface area contributed by atoms with Gasteiger partial charge in [0.1, 0.15) is 11.3 Å². The molecule has 0 aliphatic carbocycles. The van der Waals surface area contributed by atoms with Crippen molar-refractivity contribution >= 4 is 21.0 Å². The van der Waals surface area contributed by atoms with Crippen LogP contribution in [0.5, 0.6) is 0 Å². The van der Waals surface area contributed by atoms with E-state index in [-0.39, 0.29) is 23.0 Å². The van der Waals surface area contributed by atoms with Crippen molar-refractivity contribution in [1.82, 2.24) is 14.5 Å². The average molecular weight is 293 g/mol. The van der Waals surface area contributed by atoms with Crippen LogP contribution < -0.4 is 0 Å². The first-order chi connectivity index (χ1) is 9.28. The predicted octanol–water partition coefficient (Wildman–Crippen LogP) is 2.09. The standard InChI is InChI=1S/C14H19N3O2S/c1-14(2,3)13-16-11-5-4-7-15-12(11)17(13)10-6-8-20(18,19)9-10/h4-5,7,10H,6,8-9H2,1-3H3. The van der Waals surface area contributed by atoms with E-state index < -0.39 is 9.84 Å². The van der Waals surface area contributed by atoms with E-state index in [0.29, 0.717) is 6.42 Å². The van der Waals surface area contributed by atoms with E-state index in [9.17, 15) is 8.42 Å². The van der Waals surface area contributed by atoms with E-state index in [1.165, 1.54) is 0 Å². The van der Waals surface area contributed by atoms with E-state index in [0.717, 1.165) is 17.0 Å². The van der Waals surface area contributed by atoms with Crippen LogP contribution in [0.3, 0.4) is 0 Å². The molecule has 108 valence electrons. The second-order valence-corrected chi connectivity index (χ2v) is 8.69. The van der Waals surface area contributed by atoms with Gasteiger partial charge in [0.2, 0.25) is 0 Å². The smallest absolute Gasteiger partial charge is 0.160 e. The molecule has 0 bridgehead atoms. The molecule has 20 heavy (non-hydrogen) atoms. The van der Waals surface area contributed by atoms with Crippen LogP contribution in [0.15, 0.2) is 18.3 Å². The molecule has 2 aromatic heterocycles. The number of aromatic nitrogens is 3. The number of nitrogens with zero attached hydrogens (tertiary/aromatic N) is 3. The molecule has 1 unspecified atom stereocenters. The van der Waals surface area contributed by atoms with Gasteiger partial charge in [-0.05, 0) is 18.6 Å². The fourth-order valence-corrected chi connectivity index (χ4v) is 4.48. The fraction of sp³-hybridized carbons (Fsp3) is 0.571. The Hall–Kier alpha value is -1.43. The summed E-state index contributed by atoms with van der Waals surface area (Å²) in [6.07, 6.45) is 2.38. The summed E-state index contributed by atoms with van der Waals surface area (Å²) in [5, 5.41) is 0. The third-order valence-corrected chi connectivity index (χ3v) is 5.44. The van der Waals surface area contributed by atoms with Gasteiger partial charge in [-0.2, -0.15) is 0 Å². The number of sulfone groups is 1. The van der Waals surface area contributed by atoms with E-state index in [2.05, 4.69) is 30.7 Å². The molecule has 3 heterocycles. The average Bonchev–Trinajstić information content (AvgIpc) is 2.88. The number of hydrogen-bond donors (Lipinski definition) is 0. The van der Waals surface area contributed by atoms with Crippen LogP contribution in [0, 0.1) is 0 Å². The molecule has 1 aliphatic heterocycles. The molecule has 0 amide bonds. The van der Waals surface area contributed by atoms with Crippen molar-refractivity contribution in [3.8, 4) is 0 Å². The zero-order valence-corrected chi connectivity index (χ0v) is 12.8. The second kappa shape index (κ2) is 4.28. The molecule has 5 nitrogen and oxygen atoms in total. The highest BCUT2D eigenvalue weighted by Gasteiger charge is 2.34. The Morgan fingerprint density at radius 3 is 2.70 bits per heavy atom. The lowest BCUT2D eigenvalue weighted by Gasteiger charge is -2.23. The van der Waals surface area contributed by atoms with Crippen LogP contribution in [0.2, 0.25) is 0 Å². The third-order valence-electron chi connectivity index (χ3n) is 3.69. The largest absolute Gasteiger partial charge is 0.308 e. The van der Waals surface area contributed by atoms with Crippen LogP contribution >= 0.6 is 0 Å². The van der Waals surface area contributed by atoms with Crippen molar-refractivity contribution < 1.29 is 8.42 Å². The number of pyridine rings is 1. The number of hydrogen-bond acceptors (Lipinski definition) is 4. The van der Waals surface area contributed by atoms with Gasteiger partial charge in [-0.3, -0.25) is 0 Å². The number of fused-ring (bicyclic) bond motifs is 1. The summed E-state index contributed by atoms with van der Waals surface area (Å²) in [6, 6.07) is 3.74. The van der Waals surface area contributed by atoms with Crippen molar-refractivity contribution in [2.24, 2.45) is 0 Å². The quantitative estimate of drug-likeness (QED) is 0.807. The minimum Gasteiger partial charge on any atom is -0.308 e. The molecule has 0 aromatic carbocycles. The number of rotatable bonds is 1. The molecule has 0 N–H and O–H groups in total. The van der Waals surface area contributed by atoms with Gasteiger partial charge in [0.05, 0.1) is 17.5 Å². The summed E-state index contributed by atoms with van der Waals surface area (Å²) >= 11 is 0. The number of imidazole rings is 1. The molecule has 1 saturated heterocycles. The van der Waals surface area contributed by atoms with Gasteiger partial charge in [-0.1, -0.05) is 20.8 Å². The summed E-state index contributed by atoms with van der Waals surface area (Å²) in [5.41, 5.74) is 1.48. The monoisotopic (exact) mass is 293 g/mol. The summed E-state index contributed by atoms with van der Waals surface area (Å²) in [4.78, 5) is 9.10. The Labute approximate surface area is 119 Å². The van der Waals surface area contributed by atoms with Crippen molar-refractivity contribution in [1.29, 1.82) is 0 Å². The highest BCUT2D eigenvalue weighted by Crippen LogP contribution is 2.33. The van der Waals surface area contributed by atoms with E-state index in [1.54, 1.807) is 6.20 Å². The first kappa shape index (κ1) is 13.5. The fourth-order valence-electron chi connectivity index (χ4n) is 2.78. The minimum atomic E-state index is -2.93. The molecule has 3 rings (SSSR count).